The normalized spacial score (nSPS) is 10.3. The van der Waals surface area contributed by atoms with Crippen molar-refractivity contribution in [3.63, 3.8) is 0 Å². The third-order valence-corrected chi connectivity index (χ3v) is 4.21. The summed E-state index contributed by atoms with van der Waals surface area (Å²) in [6, 6.07) is 21.0. The van der Waals surface area contributed by atoms with E-state index in [1.54, 1.807) is 12.3 Å². The summed E-state index contributed by atoms with van der Waals surface area (Å²) < 4.78 is 5.77. The maximum Gasteiger partial charge on any atom is 0.274 e. The van der Waals surface area contributed by atoms with E-state index in [1.807, 2.05) is 60.7 Å². The molecule has 2 aromatic carbocycles. The number of benzene rings is 2. The van der Waals surface area contributed by atoms with E-state index in [1.165, 1.54) is 0 Å². The molecular weight excluding hydrogens is 350 g/mol. The third kappa shape index (κ3) is 5.84. The number of amides is 1. The fourth-order valence-electron chi connectivity index (χ4n) is 2.64. The van der Waals surface area contributed by atoms with E-state index in [-0.39, 0.29) is 5.91 Å². The molecule has 0 fully saturated rings. The van der Waals surface area contributed by atoms with Gasteiger partial charge in [-0.05, 0) is 48.4 Å². The van der Waals surface area contributed by atoms with Gasteiger partial charge in [0.1, 0.15) is 18.1 Å². The molecule has 0 radical (unpaired) electrons. The quantitative estimate of drug-likeness (QED) is 0.509. The Kier molecular flexibility index (Phi) is 7.01. The Hall–Kier alpha value is -3.34. The molecule has 1 heterocycles. The van der Waals surface area contributed by atoms with Crippen molar-refractivity contribution >= 4 is 17.3 Å². The number of nitrogens with zero attached hydrogens (tertiary/aromatic N) is 1. The number of nitrogens with one attached hydrogen (secondary N) is 2. The standard InChI is InChI=1S/C23H25N3O2/c1-2-3-14-24-20-13-15-25-22(16-20)23(27)26-19-9-11-21(12-10-19)28-17-18-7-5-4-6-8-18/h4-13,15-16H,2-3,14,17H2,1H3,(H,24,25)(H,26,27). The highest BCUT2D eigenvalue weighted by Gasteiger charge is 2.09. The average molecular weight is 375 g/mol. The number of ether oxygens (including phenoxy) is 1. The summed E-state index contributed by atoms with van der Waals surface area (Å²) in [5, 5.41) is 6.17. The number of hydrogen-bond acceptors (Lipinski definition) is 4. The van der Waals surface area contributed by atoms with E-state index in [9.17, 15) is 4.79 Å². The minimum absolute atomic E-state index is 0.239. The number of anilines is 2. The number of pyridine rings is 1. The highest BCUT2D eigenvalue weighted by Crippen LogP contribution is 2.18. The highest BCUT2D eigenvalue weighted by molar-refractivity contribution is 6.03. The highest BCUT2D eigenvalue weighted by atomic mass is 16.5. The van der Waals surface area contributed by atoms with Crippen LogP contribution in [0.15, 0.2) is 72.9 Å². The van der Waals surface area contributed by atoms with Crippen LogP contribution in [-0.4, -0.2) is 17.4 Å². The van der Waals surface area contributed by atoms with Crippen molar-refractivity contribution < 1.29 is 9.53 Å². The molecule has 144 valence electrons. The topological polar surface area (TPSA) is 63.2 Å². The molecular formula is C23H25N3O2. The SMILES string of the molecule is CCCCNc1ccnc(C(=O)Nc2ccc(OCc3ccccc3)cc2)c1. The van der Waals surface area contributed by atoms with Crippen molar-refractivity contribution in [2.75, 3.05) is 17.2 Å². The first kappa shape index (κ1) is 19.4. The molecule has 0 aliphatic heterocycles. The van der Waals surface area contributed by atoms with E-state index >= 15 is 0 Å². The van der Waals surface area contributed by atoms with Gasteiger partial charge in [0.25, 0.3) is 5.91 Å². The van der Waals surface area contributed by atoms with Crippen LogP contribution in [0, 0.1) is 0 Å². The summed E-state index contributed by atoms with van der Waals surface area (Å²) in [5.41, 5.74) is 3.09. The molecule has 5 nitrogen and oxygen atoms in total. The summed E-state index contributed by atoms with van der Waals surface area (Å²) in [5.74, 6) is 0.513. The Balaban J connectivity index is 1.54. The Morgan fingerprint density at radius 2 is 1.79 bits per heavy atom. The largest absolute Gasteiger partial charge is 0.489 e. The average Bonchev–Trinajstić information content (AvgIpc) is 2.74. The monoisotopic (exact) mass is 375 g/mol. The van der Waals surface area contributed by atoms with Crippen LogP contribution in [0.1, 0.15) is 35.8 Å². The molecule has 28 heavy (non-hydrogen) atoms. The van der Waals surface area contributed by atoms with Crippen LogP contribution in [0.3, 0.4) is 0 Å². The summed E-state index contributed by atoms with van der Waals surface area (Å²) in [6.07, 6.45) is 3.85. The van der Waals surface area contributed by atoms with Crippen LogP contribution in [0.2, 0.25) is 0 Å². The van der Waals surface area contributed by atoms with E-state index in [2.05, 4.69) is 22.5 Å². The lowest BCUT2D eigenvalue weighted by atomic mass is 10.2. The van der Waals surface area contributed by atoms with Gasteiger partial charge >= 0.3 is 0 Å². The van der Waals surface area contributed by atoms with Gasteiger partial charge in [0, 0.05) is 24.1 Å². The zero-order valence-electron chi connectivity index (χ0n) is 16.0. The Morgan fingerprint density at radius 1 is 1.00 bits per heavy atom. The van der Waals surface area contributed by atoms with E-state index < -0.39 is 0 Å². The van der Waals surface area contributed by atoms with Crippen molar-refractivity contribution in [3.05, 3.63) is 84.2 Å². The Morgan fingerprint density at radius 3 is 2.54 bits per heavy atom. The van der Waals surface area contributed by atoms with Crippen molar-refractivity contribution in [1.82, 2.24) is 4.98 Å². The van der Waals surface area contributed by atoms with Crippen molar-refractivity contribution in [1.29, 1.82) is 0 Å². The van der Waals surface area contributed by atoms with Gasteiger partial charge in [0.15, 0.2) is 0 Å². The first-order valence-electron chi connectivity index (χ1n) is 9.52. The number of carbonyl (C=O) groups excluding carboxylic acids is 1. The van der Waals surface area contributed by atoms with Crippen molar-refractivity contribution in [3.8, 4) is 5.75 Å². The van der Waals surface area contributed by atoms with Crippen LogP contribution >= 0.6 is 0 Å². The first-order chi connectivity index (χ1) is 13.7. The first-order valence-corrected chi connectivity index (χ1v) is 9.52. The Labute approximate surface area is 165 Å². The molecule has 0 spiro atoms. The minimum Gasteiger partial charge on any atom is -0.489 e. The van der Waals surface area contributed by atoms with E-state index in [4.69, 9.17) is 4.74 Å². The molecule has 0 aliphatic rings. The maximum absolute atomic E-state index is 12.5. The maximum atomic E-state index is 12.5. The van der Waals surface area contributed by atoms with Gasteiger partial charge in [-0.25, -0.2) is 0 Å². The molecule has 0 atom stereocenters. The van der Waals surface area contributed by atoms with Crippen molar-refractivity contribution in [2.24, 2.45) is 0 Å². The number of hydrogen-bond donors (Lipinski definition) is 2. The van der Waals surface area contributed by atoms with Crippen LogP contribution in [0.4, 0.5) is 11.4 Å². The summed E-state index contributed by atoms with van der Waals surface area (Å²) >= 11 is 0. The van der Waals surface area contributed by atoms with Gasteiger partial charge in [0.2, 0.25) is 0 Å². The molecule has 0 unspecified atom stereocenters. The van der Waals surface area contributed by atoms with Gasteiger partial charge in [-0.15, -0.1) is 0 Å². The number of unbranched alkanes of at least 4 members (excludes halogenated alkanes) is 1. The van der Waals surface area contributed by atoms with Gasteiger partial charge < -0.3 is 15.4 Å². The molecule has 3 rings (SSSR count). The molecule has 0 aliphatic carbocycles. The molecule has 5 heteroatoms. The molecule has 2 N–H and O–H groups in total. The second-order valence-electron chi connectivity index (χ2n) is 6.46. The lowest BCUT2D eigenvalue weighted by Gasteiger charge is -2.09. The molecule has 1 amide bonds. The molecule has 0 saturated carbocycles. The van der Waals surface area contributed by atoms with Crippen LogP contribution in [-0.2, 0) is 6.61 Å². The minimum atomic E-state index is -0.239. The molecule has 0 bridgehead atoms. The van der Waals surface area contributed by atoms with E-state index in [0.29, 0.717) is 18.0 Å². The fourth-order valence-corrected chi connectivity index (χ4v) is 2.64. The summed E-state index contributed by atoms with van der Waals surface area (Å²) in [6.45, 7) is 3.53. The predicted molar refractivity (Wildman–Crippen MR) is 113 cm³/mol. The number of aromatic nitrogens is 1. The summed E-state index contributed by atoms with van der Waals surface area (Å²) in [4.78, 5) is 16.6. The number of rotatable bonds is 9. The fraction of sp³-hybridized carbons (Fsp3) is 0.217. The third-order valence-electron chi connectivity index (χ3n) is 4.21. The zero-order chi connectivity index (χ0) is 19.6. The number of carbonyl (C=O) groups is 1. The lowest BCUT2D eigenvalue weighted by Crippen LogP contribution is -2.14. The van der Waals surface area contributed by atoms with Crippen molar-refractivity contribution in [2.45, 2.75) is 26.4 Å². The second kappa shape index (κ2) is 10.1. The lowest BCUT2D eigenvalue weighted by molar-refractivity contribution is 0.102. The molecule has 3 aromatic rings. The zero-order valence-corrected chi connectivity index (χ0v) is 16.0. The predicted octanol–water partition coefficient (Wildman–Crippen LogP) is 5.12. The smallest absolute Gasteiger partial charge is 0.274 e. The van der Waals surface area contributed by atoms with E-state index in [0.717, 1.165) is 36.4 Å². The summed E-state index contributed by atoms with van der Waals surface area (Å²) in [7, 11) is 0. The van der Waals surface area contributed by atoms with Crippen LogP contribution < -0.4 is 15.4 Å². The molecule has 0 saturated heterocycles. The van der Waals surface area contributed by atoms with Gasteiger partial charge in [-0.1, -0.05) is 43.7 Å². The Bertz CT molecular complexity index is 880. The van der Waals surface area contributed by atoms with Gasteiger partial charge in [-0.3, -0.25) is 9.78 Å². The molecule has 1 aromatic heterocycles. The van der Waals surface area contributed by atoms with Gasteiger partial charge in [0.05, 0.1) is 0 Å². The van der Waals surface area contributed by atoms with Gasteiger partial charge in [-0.2, -0.15) is 0 Å². The second-order valence-corrected chi connectivity index (χ2v) is 6.46. The van der Waals surface area contributed by atoms with Crippen LogP contribution in [0.25, 0.3) is 0 Å². The van der Waals surface area contributed by atoms with Crippen LogP contribution in [0.5, 0.6) is 5.75 Å².